The van der Waals surface area contributed by atoms with Crippen molar-refractivity contribution in [3.63, 3.8) is 0 Å². The molecular formula is C18H24N2O3. The Kier molecular flexibility index (Phi) is 4.96. The zero-order valence-electron chi connectivity index (χ0n) is 13.6. The second-order valence-electron chi connectivity index (χ2n) is 6.45. The molecule has 0 N–H and O–H groups in total. The van der Waals surface area contributed by atoms with Gasteiger partial charge < -0.3 is 9.64 Å². The van der Waals surface area contributed by atoms with Gasteiger partial charge in [-0.1, -0.05) is 24.6 Å². The molecule has 0 aliphatic carbocycles. The number of hydrogen-bond donors (Lipinski definition) is 0. The fraction of sp³-hybridized carbons (Fsp3) is 0.556. The van der Waals surface area contributed by atoms with Gasteiger partial charge >= 0.3 is 5.97 Å². The van der Waals surface area contributed by atoms with Crippen molar-refractivity contribution >= 4 is 11.9 Å². The Labute approximate surface area is 137 Å². The second kappa shape index (κ2) is 7.13. The summed E-state index contributed by atoms with van der Waals surface area (Å²) in [7, 11) is 1.43. The highest BCUT2D eigenvalue weighted by Gasteiger charge is 2.40. The summed E-state index contributed by atoms with van der Waals surface area (Å²) in [5, 5.41) is 0. The number of benzene rings is 1. The first-order valence-corrected chi connectivity index (χ1v) is 8.34. The molecule has 2 aliphatic heterocycles. The Morgan fingerprint density at radius 1 is 1.17 bits per heavy atom. The van der Waals surface area contributed by atoms with Crippen molar-refractivity contribution in [2.24, 2.45) is 5.92 Å². The Bertz CT molecular complexity index is 561. The number of ether oxygens (including phenoxy) is 1. The number of nitrogens with zero attached hydrogens (tertiary/aromatic N) is 2. The molecule has 2 heterocycles. The number of amides is 1. The summed E-state index contributed by atoms with van der Waals surface area (Å²) in [6, 6.07) is 9.70. The molecule has 1 aromatic carbocycles. The molecule has 2 fully saturated rings. The minimum absolute atomic E-state index is 0.0942. The standard InChI is InChI=1S/C18H24N2O3/c1-23-17(21)13-19-10-6-5-9-15-11-20(12-16(15)19)18(22)14-7-3-2-4-8-14/h2-4,7-8,15-16H,5-6,9-13H2,1H3/t15-,16+/m0/s1. The Morgan fingerprint density at radius 2 is 1.96 bits per heavy atom. The van der Waals surface area contributed by atoms with E-state index in [0.717, 1.165) is 37.9 Å². The molecule has 3 rings (SSSR count). The van der Waals surface area contributed by atoms with Crippen LogP contribution in [0.25, 0.3) is 0 Å². The summed E-state index contributed by atoms with van der Waals surface area (Å²) in [6.07, 6.45) is 3.39. The number of hydrogen-bond acceptors (Lipinski definition) is 4. The van der Waals surface area contributed by atoms with Crippen molar-refractivity contribution < 1.29 is 14.3 Å². The first-order chi connectivity index (χ1) is 11.2. The minimum Gasteiger partial charge on any atom is -0.468 e. The largest absolute Gasteiger partial charge is 0.468 e. The predicted molar refractivity (Wildman–Crippen MR) is 87.1 cm³/mol. The highest BCUT2D eigenvalue weighted by Crippen LogP contribution is 2.30. The lowest BCUT2D eigenvalue weighted by Crippen LogP contribution is -2.43. The molecule has 5 nitrogen and oxygen atoms in total. The Balaban J connectivity index is 1.72. The van der Waals surface area contributed by atoms with Gasteiger partial charge in [-0.2, -0.15) is 0 Å². The number of esters is 1. The summed E-state index contributed by atoms with van der Waals surface area (Å²) in [4.78, 5) is 28.5. The quantitative estimate of drug-likeness (QED) is 0.798. The van der Waals surface area contributed by atoms with Crippen molar-refractivity contribution in [3.8, 4) is 0 Å². The summed E-state index contributed by atoms with van der Waals surface area (Å²) in [5.74, 6) is 0.352. The van der Waals surface area contributed by atoms with E-state index in [1.165, 1.54) is 7.11 Å². The molecule has 2 aliphatic rings. The maximum Gasteiger partial charge on any atom is 0.319 e. The fourth-order valence-electron chi connectivity index (χ4n) is 3.79. The van der Waals surface area contributed by atoms with Gasteiger partial charge in [0.1, 0.15) is 0 Å². The smallest absolute Gasteiger partial charge is 0.319 e. The minimum atomic E-state index is -0.196. The number of rotatable bonds is 3. The first kappa shape index (κ1) is 16.0. The van der Waals surface area contributed by atoms with Gasteiger partial charge in [0.25, 0.3) is 5.91 Å². The normalized spacial score (nSPS) is 24.8. The van der Waals surface area contributed by atoms with Crippen molar-refractivity contribution in [2.75, 3.05) is 33.3 Å². The maximum atomic E-state index is 12.7. The Hall–Kier alpha value is -1.88. The number of carbonyl (C=O) groups is 2. The molecule has 0 spiro atoms. The van der Waals surface area contributed by atoms with Crippen molar-refractivity contribution in [1.82, 2.24) is 9.80 Å². The van der Waals surface area contributed by atoms with Gasteiger partial charge in [0.2, 0.25) is 0 Å². The monoisotopic (exact) mass is 316 g/mol. The maximum absolute atomic E-state index is 12.7. The predicted octanol–water partition coefficient (Wildman–Crippen LogP) is 1.79. The van der Waals surface area contributed by atoms with Gasteiger partial charge in [-0.25, -0.2) is 0 Å². The van der Waals surface area contributed by atoms with Crippen LogP contribution in [0.2, 0.25) is 0 Å². The van der Waals surface area contributed by atoms with Gasteiger partial charge in [0.15, 0.2) is 0 Å². The van der Waals surface area contributed by atoms with Crippen LogP contribution in [0.15, 0.2) is 30.3 Å². The van der Waals surface area contributed by atoms with Crippen LogP contribution < -0.4 is 0 Å². The van der Waals surface area contributed by atoms with E-state index in [-0.39, 0.29) is 17.9 Å². The fourth-order valence-corrected chi connectivity index (χ4v) is 3.79. The lowest BCUT2D eigenvalue weighted by molar-refractivity contribution is -0.142. The van der Waals surface area contributed by atoms with E-state index in [1.807, 2.05) is 35.2 Å². The summed E-state index contributed by atoms with van der Waals surface area (Å²) in [5.41, 5.74) is 0.739. The molecule has 5 heteroatoms. The highest BCUT2D eigenvalue weighted by atomic mass is 16.5. The summed E-state index contributed by atoms with van der Waals surface area (Å²) < 4.78 is 4.82. The molecular weight excluding hydrogens is 292 g/mol. The van der Waals surface area contributed by atoms with E-state index in [0.29, 0.717) is 19.0 Å². The van der Waals surface area contributed by atoms with E-state index >= 15 is 0 Å². The van der Waals surface area contributed by atoms with E-state index < -0.39 is 0 Å². The average Bonchev–Trinajstić information content (AvgIpc) is 2.93. The Morgan fingerprint density at radius 3 is 2.70 bits per heavy atom. The van der Waals surface area contributed by atoms with Crippen LogP contribution in [-0.4, -0.2) is 61.0 Å². The zero-order valence-corrected chi connectivity index (χ0v) is 13.6. The molecule has 1 aromatic rings. The third-order valence-electron chi connectivity index (χ3n) is 5.01. The molecule has 0 saturated carbocycles. The van der Waals surface area contributed by atoms with Crippen LogP contribution in [0.1, 0.15) is 29.6 Å². The van der Waals surface area contributed by atoms with Crippen LogP contribution >= 0.6 is 0 Å². The molecule has 1 amide bonds. The van der Waals surface area contributed by atoms with E-state index in [4.69, 9.17) is 4.74 Å². The summed E-state index contributed by atoms with van der Waals surface area (Å²) >= 11 is 0. The molecule has 2 saturated heterocycles. The molecule has 0 bridgehead atoms. The average molecular weight is 316 g/mol. The van der Waals surface area contributed by atoms with Gasteiger partial charge in [0.05, 0.1) is 13.7 Å². The van der Waals surface area contributed by atoms with Crippen LogP contribution in [-0.2, 0) is 9.53 Å². The second-order valence-corrected chi connectivity index (χ2v) is 6.45. The van der Waals surface area contributed by atoms with Crippen molar-refractivity contribution in [1.29, 1.82) is 0 Å². The van der Waals surface area contributed by atoms with E-state index in [2.05, 4.69) is 4.90 Å². The first-order valence-electron chi connectivity index (χ1n) is 8.34. The van der Waals surface area contributed by atoms with Gasteiger partial charge in [-0.3, -0.25) is 14.5 Å². The molecule has 2 atom stereocenters. The SMILES string of the molecule is COC(=O)CN1CCCC[C@H]2CN(C(=O)c3ccccc3)C[C@H]21. The number of fused-ring (bicyclic) bond motifs is 1. The van der Waals surface area contributed by atoms with E-state index in [9.17, 15) is 9.59 Å². The number of carbonyl (C=O) groups excluding carboxylic acids is 2. The summed E-state index contributed by atoms with van der Waals surface area (Å²) in [6.45, 7) is 2.72. The third-order valence-corrected chi connectivity index (χ3v) is 5.01. The highest BCUT2D eigenvalue weighted by molar-refractivity contribution is 5.94. The van der Waals surface area contributed by atoms with Crippen LogP contribution in [0.3, 0.4) is 0 Å². The lowest BCUT2D eigenvalue weighted by atomic mass is 9.98. The number of methoxy groups -OCH3 is 1. The van der Waals surface area contributed by atoms with Crippen LogP contribution in [0.4, 0.5) is 0 Å². The number of likely N-dealkylation sites (tertiary alicyclic amines) is 2. The van der Waals surface area contributed by atoms with Gasteiger partial charge in [-0.05, 0) is 37.4 Å². The molecule has 23 heavy (non-hydrogen) atoms. The van der Waals surface area contributed by atoms with Crippen LogP contribution in [0, 0.1) is 5.92 Å². The van der Waals surface area contributed by atoms with Crippen LogP contribution in [0.5, 0.6) is 0 Å². The molecule has 0 radical (unpaired) electrons. The van der Waals surface area contributed by atoms with Gasteiger partial charge in [0, 0.05) is 24.7 Å². The van der Waals surface area contributed by atoms with Gasteiger partial charge in [-0.15, -0.1) is 0 Å². The lowest BCUT2D eigenvalue weighted by Gasteiger charge is -2.28. The van der Waals surface area contributed by atoms with Crippen molar-refractivity contribution in [2.45, 2.75) is 25.3 Å². The molecule has 124 valence electrons. The topological polar surface area (TPSA) is 49.9 Å². The van der Waals surface area contributed by atoms with Crippen molar-refractivity contribution in [3.05, 3.63) is 35.9 Å². The molecule has 0 unspecified atom stereocenters. The third kappa shape index (κ3) is 3.55. The zero-order chi connectivity index (χ0) is 16.2. The molecule has 0 aromatic heterocycles. The van der Waals surface area contributed by atoms with E-state index in [1.54, 1.807) is 0 Å².